The summed E-state index contributed by atoms with van der Waals surface area (Å²) in [5.74, 6) is 0.0132. The van der Waals surface area contributed by atoms with Crippen LogP contribution in [0.4, 0.5) is 0 Å². The molecule has 0 bridgehead atoms. The summed E-state index contributed by atoms with van der Waals surface area (Å²) in [6.07, 6.45) is 4.35. The average molecular weight is 418 g/mol. The van der Waals surface area contributed by atoms with Gasteiger partial charge in [0.05, 0.1) is 22.9 Å². The fraction of sp³-hybridized carbons (Fsp3) is 0.375. The molecule has 0 radical (unpaired) electrons. The Balaban J connectivity index is 1.28. The summed E-state index contributed by atoms with van der Waals surface area (Å²) >= 11 is 0. The molecule has 1 fully saturated rings. The van der Waals surface area contributed by atoms with Crippen molar-refractivity contribution in [1.82, 2.24) is 19.4 Å². The number of nitrogens with one attached hydrogen (secondary N) is 1. The number of hydrogen-bond acceptors (Lipinski definition) is 4. The minimum absolute atomic E-state index is 0.0504. The van der Waals surface area contributed by atoms with Crippen LogP contribution in [0.3, 0.4) is 0 Å². The monoisotopic (exact) mass is 418 g/mol. The minimum atomic E-state index is -0.428. The highest BCUT2D eigenvalue weighted by molar-refractivity contribution is 5.78. The molecule has 7 heteroatoms. The van der Waals surface area contributed by atoms with Crippen LogP contribution in [0.5, 0.6) is 0 Å². The van der Waals surface area contributed by atoms with Crippen LogP contribution >= 0.6 is 0 Å². The number of imidazole rings is 1. The third-order valence-corrected chi connectivity index (χ3v) is 6.30. The predicted octanol–water partition coefficient (Wildman–Crippen LogP) is 3.55. The van der Waals surface area contributed by atoms with Crippen LogP contribution in [0.15, 0.2) is 51.9 Å². The molecule has 2 aromatic carbocycles. The highest BCUT2D eigenvalue weighted by Crippen LogP contribution is 2.34. The molecule has 1 aliphatic carbocycles. The lowest BCUT2D eigenvalue weighted by Crippen LogP contribution is -2.40. The van der Waals surface area contributed by atoms with E-state index in [0.717, 1.165) is 29.4 Å². The number of amides is 1. The topological polar surface area (TPSA) is 82.1 Å². The van der Waals surface area contributed by atoms with E-state index < -0.39 is 5.76 Å². The SMILES string of the molecule is Cc1cc2ncn(C[C@H](NC(=O)CCn3c(=O)oc4ccccc43)C3CC3)c2cc1C. The first-order valence-electron chi connectivity index (χ1n) is 10.8. The number of para-hydroxylation sites is 2. The number of rotatable bonds is 7. The maximum atomic E-state index is 12.7. The van der Waals surface area contributed by atoms with E-state index in [-0.39, 0.29) is 18.4 Å². The van der Waals surface area contributed by atoms with Gasteiger partial charge in [-0.3, -0.25) is 9.36 Å². The highest BCUT2D eigenvalue weighted by atomic mass is 16.4. The van der Waals surface area contributed by atoms with Crippen LogP contribution in [0.25, 0.3) is 22.1 Å². The standard InChI is InChI=1S/C24H26N4O3/c1-15-11-18-21(12-16(15)2)27(14-25-18)13-19(17-7-8-17)26-23(29)9-10-28-20-5-3-4-6-22(20)31-24(28)30/h3-6,11-12,14,17,19H,7-10,13H2,1-2H3,(H,26,29)/t19-/m0/s1. The lowest BCUT2D eigenvalue weighted by Gasteiger charge is -2.19. The Kier molecular flexibility index (Phi) is 4.88. The van der Waals surface area contributed by atoms with Gasteiger partial charge in [0.1, 0.15) is 0 Å². The number of benzene rings is 2. The van der Waals surface area contributed by atoms with Crippen molar-refractivity contribution in [1.29, 1.82) is 0 Å². The van der Waals surface area contributed by atoms with Gasteiger partial charge in [-0.1, -0.05) is 12.1 Å². The van der Waals surface area contributed by atoms with Crippen LogP contribution in [0, 0.1) is 19.8 Å². The van der Waals surface area contributed by atoms with Crippen molar-refractivity contribution < 1.29 is 9.21 Å². The fourth-order valence-corrected chi connectivity index (χ4v) is 4.20. The van der Waals surface area contributed by atoms with Gasteiger partial charge in [0.2, 0.25) is 5.91 Å². The van der Waals surface area contributed by atoms with Gasteiger partial charge in [-0.15, -0.1) is 0 Å². The smallest absolute Gasteiger partial charge is 0.408 e. The highest BCUT2D eigenvalue weighted by Gasteiger charge is 2.32. The van der Waals surface area contributed by atoms with Gasteiger partial charge in [-0.05, 0) is 68.0 Å². The number of carbonyl (C=O) groups excluding carboxylic acids is 1. The van der Waals surface area contributed by atoms with Crippen LogP contribution in [0.1, 0.15) is 30.4 Å². The van der Waals surface area contributed by atoms with Crippen LogP contribution in [0.2, 0.25) is 0 Å². The molecule has 1 atom stereocenters. The van der Waals surface area contributed by atoms with E-state index in [1.165, 1.54) is 15.7 Å². The molecular weight excluding hydrogens is 392 g/mol. The molecule has 160 valence electrons. The Morgan fingerprint density at radius 1 is 1.19 bits per heavy atom. The minimum Gasteiger partial charge on any atom is -0.408 e. The van der Waals surface area contributed by atoms with E-state index >= 15 is 0 Å². The van der Waals surface area contributed by atoms with Gasteiger partial charge >= 0.3 is 5.76 Å². The number of nitrogens with zero attached hydrogens (tertiary/aromatic N) is 3. The first-order chi connectivity index (χ1) is 15.0. The molecule has 0 unspecified atom stereocenters. The summed E-state index contributed by atoms with van der Waals surface area (Å²) < 4.78 is 8.92. The summed E-state index contributed by atoms with van der Waals surface area (Å²) in [6, 6.07) is 11.6. The van der Waals surface area contributed by atoms with Crippen molar-refractivity contribution in [3.05, 3.63) is 64.4 Å². The Morgan fingerprint density at radius 2 is 1.97 bits per heavy atom. The summed E-state index contributed by atoms with van der Waals surface area (Å²) in [5.41, 5.74) is 5.80. The van der Waals surface area contributed by atoms with E-state index in [2.05, 4.69) is 40.8 Å². The van der Waals surface area contributed by atoms with Crippen molar-refractivity contribution in [2.45, 2.75) is 52.2 Å². The van der Waals surface area contributed by atoms with Crippen LogP contribution in [-0.4, -0.2) is 26.1 Å². The van der Waals surface area contributed by atoms with Crippen molar-refractivity contribution in [3.63, 3.8) is 0 Å². The molecule has 31 heavy (non-hydrogen) atoms. The largest absolute Gasteiger partial charge is 0.419 e. The molecule has 4 aromatic rings. The number of hydrogen-bond donors (Lipinski definition) is 1. The van der Waals surface area contributed by atoms with E-state index in [1.54, 1.807) is 6.07 Å². The van der Waals surface area contributed by atoms with Crippen molar-refractivity contribution >= 4 is 28.0 Å². The second kappa shape index (κ2) is 7.72. The summed E-state index contributed by atoms with van der Waals surface area (Å²) in [4.78, 5) is 29.4. The van der Waals surface area contributed by atoms with E-state index in [9.17, 15) is 9.59 Å². The third-order valence-electron chi connectivity index (χ3n) is 6.30. The predicted molar refractivity (Wildman–Crippen MR) is 119 cm³/mol. The van der Waals surface area contributed by atoms with Crippen LogP contribution < -0.4 is 11.1 Å². The summed E-state index contributed by atoms with van der Waals surface area (Å²) in [7, 11) is 0. The second-order valence-corrected chi connectivity index (χ2v) is 8.57. The average Bonchev–Trinajstić information content (AvgIpc) is 3.46. The van der Waals surface area contributed by atoms with E-state index in [4.69, 9.17) is 4.42 Å². The molecule has 1 aliphatic rings. The summed E-state index contributed by atoms with van der Waals surface area (Å²) in [5, 5.41) is 3.20. The van der Waals surface area contributed by atoms with Crippen molar-refractivity contribution in [3.8, 4) is 0 Å². The zero-order valence-electron chi connectivity index (χ0n) is 17.8. The molecule has 0 spiro atoms. The fourth-order valence-electron chi connectivity index (χ4n) is 4.20. The van der Waals surface area contributed by atoms with E-state index in [0.29, 0.717) is 24.6 Å². The molecule has 7 nitrogen and oxygen atoms in total. The quantitative estimate of drug-likeness (QED) is 0.498. The Hall–Kier alpha value is -3.35. The Morgan fingerprint density at radius 3 is 2.77 bits per heavy atom. The van der Waals surface area contributed by atoms with Gasteiger partial charge in [0.15, 0.2) is 5.58 Å². The first kappa shape index (κ1) is 19.6. The van der Waals surface area contributed by atoms with Crippen molar-refractivity contribution in [2.75, 3.05) is 0 Å². The molecule has 1 N–H and O–H groups in total. The number of aryl methyl sites for hydroxylation is 3. The van der Waals surface area contributed by atoms with Crippen molar-refractivity contribution in [2.24, 2.45) is 5.92 Å². The number of fused-ring (bicyclic) bond motifs is 2. The number of aromatic nitrogens is 3. The molecule has 5 rings (SSSR count). The first-order valence-corrected chi connectivity index (χ1v) is 10.8. The maximum absolute atomic E-state index is 12.7. The Labute approximate surface area is 179 Å². The third kappa shape index (κ3) is 3.87. The molecule has 2 aromatic heterocycles. The van der Waals surface area contributed by atoms with Crippen LogP contribution in [-0.2, 0) is 17.9 Å². The lowest BCUT2D eigenvalue weighted by atomic mass is 10.1. The second-order valence-electron chi connectivity index (χ2n) is 8.57. The van der Waals surface area contributed by atoms with Gasteiger partial charge in [0, 0.05) is 25.6 Å². The Bertz CT molecular complexity index is 1330. The number of oxazole rings is 1. The van der Waals surface area contributed by atoms with Gasteiger partial charge in [-0.2, -0.15) is 0 Å². The summed E-state index contributed by atoms with van der Waals surface area (Å²) in [6.45, 7) is 5.19. The van der Waals surface area contributed by atoms with E-state index in [1.807, 2.05) is 24.5 Å². The van der Waals surface area contributed by atoms with Gasteiger partial charge in [-0.25, -0.2) is 9.78 Å². The van der Waals surface area contributed by atoms with Gasteiger partial charge in [0.25, 0.3) is 0 Å². The molecular formula is C24H26N4O3. The normalized spacial score (nSPS) is 14.9. The molecule has 0 aliphatic heterocycles. The number of carbonyl (C=O) groups is 1. The molecule has 1 saturated carbocycles. The van der Waals surface area contributed by atoms with Gasteiger partial charge < -0.3 is 14.3 Å². The lowest BCUT2D eigenvalue weighted by molar-refractivity contribution is -0.122. The molecule has 0 saturated heterocycles. The zero-order chi connectivity index (χ0) is 21.5. The molecule has 2 heterocycles. The maximum Gasteiger partial charge on any atom is 0.419 e. The zero-order valence-corrected chi connectivity index (χ0v) is 17.8. The molecule has 1 amide bonds.